The van der Waals surface area contributed by atoms with Gasteiger partial charge in [-0.2, -0.15) is 0 Å². The van der Waals surface area contributed by atoms with Crippen LogP contribution in [0.25, 0.3) is 31.6 Å². The first-order valence-electron chi connectivity index (χ1n) is 11.5. The van der Waals surface area contributed by atoms with Gasteiger partial charge in [-0.25, -0.2) is 9.78 Å². The van der Waals surface area contributed by atoms with Gasteiger partial charge in [0.15, 0.2) is 0 Å². The van der Waals surface area contributed by atoms with E-state index in [2.05, 4.69) is 19.1 Å². The number of aromatic carboxylic acids is 1. The highest BCUT2D eigenvalue weighted by atomic mass is 32.1. The van der Waals surface area contributed by atoms with E-state index in [-0.39, 0.29) is 23.9 Å². The summed E-state index contributed by atoms with van der Waals surface area (Å²) in [6.45, 7) is 4.05. The maximum Gasteiger partial charge on any atom is 0.336 e. The van der Waals surface area contributed by atoms with Crippen molar-refractivity contribution in [3.8, 4) is 16.3 Å². The molecule has 2 aromatic carbocycles. The summed E-state index contributed by atoms with van der Waals surface area (Å²) >= 11 is 1.65. The molecule has 4 aromatic rings. The van der Waals surface area contributed by atoms with Crippen LogP contribution in [0.2, 0.25) is 0 Å². The molecule has 5 nitrogen and oxygen atoms in total. The number of fused-ring (bicyclic) bond motifs is 4. The zero-order valence-corrected chi connectivity index (χ0v) is 19.4. The van der Waals surface area contributed by atoms with E-state index in [0.29, 0.717) is 22.3 Å². The molecule has 2 aliphatic heterocycles. The SMILES string of the molecule is Cc1c(-c2cc(C(=O)O)c3c(OC4C[C@H]5CC[C@@H](C4)O5)ccc(C)c3n2)sc2ccccc12. The molecule has 0 amide bonds. The summed E-state index contributed by atoms with van der Waals surface area (Å²) in [6.07, 6.45) is 4.41. The molecule has 3 atom stereocenters. The average Bonchev–Trinajstić information content (AvgIpc) is 3.33. The fourth-order valence-corrected chi connectivity index (χ4v) is 6.50. The second-order valence-electron chi connectivity index (χ2n) is 9.19. The molecule has 33 heavy (non-hydrogen) atoms. The van der Waals surface area contributed by atoms with Crippen LogP contribution in [-0.2, 0) is 4.74 Å². The first kappa shape index (κ1) is 20.6. The Kier molecular flexibility index (Phi) is 4.89. The van der Waals surface area contributed by atoms with Gasteiger partial charge in [-0.3, -0.25) is 0 Å². The van der Waals surface area contributed by atoms with E-state index in [1.807, 2.05) is 31.2 Å². The topological polar surface area (TPSA) is 68.7 Å². The minimum absolute atomic E-state index is 0.0355. The van der Waals surface area contributed by atoms with Crippen molar-refractivity contribution in [3.63, 3.8) is 0 Å². The zero-order chi connectivity index (χ0) is 22.7. The number of carboxylic acids is 1. The molecular formula is C27H25NO4S. The molecule has 1 N–H and O–H groups in total. The van der Waals surface area contributed by atoms with Crippen molar-refractivity contribution in [2.75, 3.05) is 0 Å². The van der Waals surface area contributed by atoms with Crippen molar-refractivity contribution in [2.24, 2.45) is 0 Å². The number of thiophene rings is 1. The number of hydrogen-bond donors (Lipinski definition) is 1. The summed E-state index contributed by atoms with van der Waals surface area (Å²) in [5.74, 6) is -0.365. The van der Waals surface area contributed by atoms with Gasteiger partial charge >= 0.3 is 5.97 Å². The van der Waals surface area contributed by atoms with Crippen LogP contribution in [0.1, 0.15) is 47.2 Å². The summed E-state index contributed by atoms with van der Waals surface area (Å²) in [5.41, 5.74) is 3.69. The molecule has 0 radical (unpaired) electrons. The normalized spacial score (nSPS) is 22.2. The zero-order valence-electron chi connectivity index (χ0n) is 18.6. The van der Waals surface area contributed by atoms with Crippen LogP contribution in [0.3, 0.4) is 0 Å². The standard InChI is InChI=1S/C27H25NO4S/c1-14-7-10-22(32-18-11-16-8-9-17(12-18)31-16)24-20(27(29)30)13-21(28-25(14)24)26-15(2)19-5-3-4-6-23(19)33-26/h3-7,10,13,16-18H,8-9,11-12H2,1-2H3,(H,29,30)/t16-,17+,18?. The Hall–Kier alpha value is -2.96. The molecule has 2 aromatic heterocycles. The molecule has 2 bridgehead atoms. The Balaban J connectivity index is 1.50. The number of nitrogens with zero attached hydrogens (tertiary/aromatic N) is 1. The van der Waals surface area contributed by atoms with Crippen LogP contribution >= 0.6 is 11.3 Å². The van der Waals surface area contributed by atoms with Gasteiger partial charge in [-0.15, -0.1) is 11.3 Å². The third-order valence-electron chi connectivity index (χ3n) is 6.97. The first-order chi connectivity index (χ1) is 16.0. The fourth-order valence-electron chi connectivity index (χ4n) is 5.33. The first-order valence-corrected chi connectivity index (χ1v) is 12.3. The summed E-state index contributed by atoms with van der Waals surface area (Å²) in [5, 5.41) is 11.9. The van der Waals surface area contributed by atoms with Crippen LogP contribution in [0.4, 0.5) is 0 Å². The predicted octanol–water partition coefficient (Wildman–Crippen LogP) is 6.52. The van der Waals surface area contributed by atoms with Gasteiger partial charge in [-0.1, -0.05) is 24.3 Å². The Morgan fingerprint density at radius 2 is 1.88 bits per heavy atom. The Morgan fingerprint density at radius 1 is 1.12 bits per heavy atom. The van der Waals surface area contributed by atoms with Crippen molar-refractivity contribution in [1.29, 1.82) is 0 Å². The largest absolute Gasteiger partial charge is 0.489 e. The van der Waals surface area contributed by atoms with E-state index >= 15 is 0 Å². The van der Waals surface area contributed by atoms with Gasteiger partial charge in [0.1, 0.15) is 11.9 Å². The highest BCUT2D eigenvalue weighted by Crippen LogP contribution is 2.41. The van der Waals surface area contributed by atoms with Crippen molar-refractivity contribution < 1.29 is 19.4 Å². The van der Waals surface area contributed by atoms with Gasteiger partial charge in [0.2, 0.25) is 0 Å². The molecule has 2 saturated heterocycles. The van der Waals surface area contributed by atoms with E-state index in [0.717, 1.165) is 41.7 Å². The van der Waals surface area contributed by atoms with Gasteiger partial charge in [0.05, 0.1) is 39.2 Å². The monoisotopic (exact) mass is 459 g/mol. The lowest BCUT2D eigenvalue weighted by atomic mass is 10.0. The van der Waals surface area contributed by atoms with E-state index in [4.69, 9.17) is 14.5 Å². The molecule has 0 aliphatic carbocycles. The van der Waals surface area contributed by atoms with Crippen molar-refractivity contribution in [1.82, 2.24) is 4.98 Å². The molecule has 2 aliphatic rings. The quantitative estimate of drug-likeness (QED) is 0.376. The molecule has 4 heterocycles. The molecule has 0 spiro atoms. The molecule has 168 valence electrons. The van der Waals surface area contributed by atoms with Gasteiger partial charge < -0.3 is 14.6 Å². The Labute approximate surface area is 196 Å². The molecule has 6 heteroatoms. The van der Waals surface area contributed by atoms with Gasteiger partial charge in [-0.05, 0) is 61.4 Å². The maximum atomic E-state index is 12.4. The third-order valence-corrected chi connectivity index (χ3v) is 8.27. The van der Waals surface area contributed by atoms with E-state index in [1.165, 1.54) is 10.1 Å². The number of ether oxygens (including phenoxy) is 2. The molecule has 6 rings (SSSR count). The van der Waals surface area contributed by atoms with E-state index < -0.39 is 5.97 Å². The smallest absolute Gasteiger partial charge is 0.336 e. The number of carbonyl (C=O) groups is 1. The minimum atomic E-state index is -0.968. The number of benzene rings is 2. The number of hydrogen-bond acceptors (Lipinski definition) is 5. The number of rotatable bonds is 4. The van der Waals surface area contributed by atoms with Crippen molar-refractivity contribution in [2.45, 2.75) is 57.8 Å². The van der Waals surface area contributed by atoms with Gasteiger partial charge in [0, 0.05) is 17.5 Å². The molecular weight excluding hydrogens is 434 g/mol. The lowest BCUT2D eigenvalue weighted by Crippen LogP contribution is -2.32. The van der Waals surface area contributed by atoms with Crippen LogP contribution in [0.15, 0.2) is 42.5 Å². The Morgan fingerprint density at radius 3 is 2.61 bits per heavy atom. The summed E-state index contributed by atoms with van der Waals surface area (Å²) in [7, 11) is 0. The third kappa shape index (κ3) is 3.49. The lowest BCUT2D eigenvalue weighted by Gasteiger charge is -2.29. The number of aryl methyl sites for hydroxylation is 2. The van der Waals surface area contributed by atoms with Crippen LogP contribution < -0.4 is 4.74 Å². The molecule has 2 fully saturated rings. The second kappa shape index (κ2) is 7.82. The van der Waals surface area contributed by atoms with E-state index in [1.54, 1.807) is 17.4 Å². The average molecular weight is 460 g/mol. The maximum absolute atomic E-state index is 12.4. The molecule has 0 saturated carbocycles. The van der Waals surface area contributed by atoms with Crippen LogP contribution in [0.5, 0.6) is 5.75 Å². The van der Waals surface area contributed by atoms with E-state index in [9.17, 15) is 9.90 Å². The molecule has 1 unspecified atom stereocenters. The number of aromatic nitrogens is 1. The second-order valence-corrected chi connectivity index (χ2v) is 10.2. The highest BCUT2D eigenvalue weighted by molar-refractivity contribution is 7.22. The van der Waals surface area contributed by atoms with Crippen LogP contribution in [-0.4, -0.2) is 34.4 Å². The highest BCUT2D eigenvalue weighted by Gasteiger charge is 2.36. The number of carboxylic acid groups (broad SMARTS) is 1. The summed E-state index contributed by atoms with van der Waals surface area (Å²) in [4.78, 5) is 18.4. The van der Waals surface area contributed by atoms with Crippen molar-refractivity contribution >= 4 is 38.3 Å². The lowest BCUT2D eigenvalue weighted by molar-refractivity contribution is -0.0435. The fraction of sp³-hybridized carbons (Fsp3) is 0.333. The predicted molar refractivity (Wildman–Crippen MR) is 131 cm³/mol. The van der Waals surface area contributed by atoms with Gasteiger partial charge in [0.25, 0.3) is 0 Å². The summed E-state index contributed by atoms with van der Waals surface area (Å²) < 4.78 is 13.6. The number of pyridine rings is 1. The van der Waals surface area contributed by atoms with Crippen molar-refractivity contribution in [3.05, 3.63) is 59.2 Å². The Bertz CT molecular complexity index is 1400. The van der Waals surface area contributed by atoms with Crippen LogP contribution in [0, 0.1) is 13.8 Å². The summed E-state index contributed by atoms with van der Waals surface area (Å²) in [6, 6.07) is 13.8. The minimum Gasteiger partial charge on any atom is -0.489 e.